The van der Waals surface area contributed by atoms with E-state index in [4.69, 9.17) is 0 Å². The van der Waals surface area contributed by atoms with Crippen LogP contribution in [0.3, 0.4) is 0 Å². The summed E-state index contributed by atoms with van der Waals surface area (Å²) in [5.74, 6) is -1.46. The van der Waals surface area contributed by atoms with Crippen molar-refractivity contribution >= 4 is 29.4 Å². The van der Waals surface area contributed by atoms with E-state index in [0.29, 0.717) is 18.7 Å². The molecule has 1 aliphatic rings. The van der Waals surface area contributed by atoms with Crippen molar-refractivity contribution in [3.05, 3.63) is 107 Å². The first-order chi connectivity index (χ1) is 21.0. The molecule has 0 radical (unpaired) electrons. The Hall–Kier alpha value is -5.24. The molecule has 1 saturated heterocycles. The van der Waals surface area contributed by atoms with Gasteiger partial charge in [0, 0.05) is 56.6 Å². The Bertz CT molecular complexity index is 1620. The molecule has 2 aromatic heterocycles. The zero-order valence-electron chi connectivity index (χ0n) is 23.3. The molecule has 3 heterocycles. The predicted molar refractivity (Wildman–Crippen MR) is 154 cm³/mol. The molecule has 14 heteroatoms. The minimum atomic E-state index is -4.52. The Morgan fingerprint density at radius 2 is 1.61 bits per heavy atom. The number of hydrogen-bond acceptors (Lipinski definition) is 6. The third-order valence-corrected chi connectivity index (χ3v) is 7.01. The topological polar surface area (TPSA) is 144 Å². The van der Waals surface area contributed by atoms with E-state index >= 15 is 0 Å². The van der Waals surface area contributed by atoms with Gasteiger partial charge in [0.05, 0.1) is 11.3 Å². The average Bonchev–Trinajstić information content (AvgIpc) is 3.40. The van der Waals surface area contributed by atoms with Crippen LogP contribution in [0.2, 0.25) is 0 Å². The van der Waals surface area contributed by atoms with Crippen LogP contribution < -0.4 is 10.6 Å². The van der Waals surface area contributed by atoms with Gasteiger partial charge in [0.2, 0.25) is 0 Å². The third kappa shape index (κ3) is 7.58. The number of carbonyl (C=O) groups excluding carboxylic acids is 2. The summed E-state index contributed by atoms with van der Waals surface area (Å²) in [6, 6.07) is 15.6. The fourth-order valence-corrected chi connectivity index (χ4v) is 4.73. The number of carbonyl (C=O) groups is 3. The van der Waals surface area contributed by atoms with Crippen molar-refractivity contribution in [3.8, 4) is 0 Å². The zero-order chi connectivity index (χ0) is 31.3. The molecule has 2 aromatic carbocycles. The number of halogens is 3. The molecule has 5 rings (SSSR count). The third-order valence-electron chi connectivity index (χ3n) is 7.01. The van der Waals surface area contributed by atoms with Crippen LogP contribution in [-0.2, 0) is 19.1 Å². The maximum absolute atomic E-state index is 13.1. The van der Waals surface area contributed by atoms with Gasteiger partial charge in [-0.15, -0.1) is 0 Å². The molecule has 4 N–H and O–H groups in total. The first-order valence-corrected chi connectivity index (χ1v) is 13.6. The number of aromatic amines is 1. The average molecular weight is 608 g/mol. The number of piperazine rings is 1. The van der Waals surface area contributed by atoms with Crippen LogP contribution in [0.15, 0.2) is 72.9 Å². The van der Waals surface area contributed by atoms with E-state index in [-0.39, 0.29) is 35.4 Å². The Morgan fingerprint density at radius 1 is 0.909 bits per heavy atom. The first-order valence-electron chi connectivity index (χ1n) is 13.6. The lowest BCUT2D eigenvalue weighted by molar-refractivity contribution is -0.137. The van der Waals surface area contributed by atoms with Gasteiger partial charge in [-0.1, -0.05) is 18.2 Å². The summed E-state index contributed by atoms with van der Waals surface area (Å²) >= 11 is 0. The monoisotopic (exact) mass is 607 g/mol. The number of amides is 3. The van der Waals surface area contributed by atoms with Gasteiger partial charge >= 0.3 is 18.2 Å². The molecule has 0 unspecified atom stereocenters. The summed E-state index contributed by atoms with van der Waals surface area (Å²) in [4.78, 5) is 52.5. The Morgan fingerprint density at radius 3 is 2.23 bits per heavy atom. The molecule has 0 spiro atoms. The minimum Gasteiger partial charge on any atom is -0.476 e. The number of rotatable bonds is 8. The maximum atomic E-state index is 13.1. The van der Waals surface area contributed by atoms with Crippen molar-refractivity contribution in [2.75, 3.05) is 36.8 Å². The van der Waals surface area contributed by atoms with Crippen LogP contribution in [0.1, 0.15) is 43.5 Å². The number of aromatic carboxylic acids is 1. The van der Waals surface area contributed by atoms with E-state index in [2.05, 4.69) is 30.5 Å². The number of carboxylic acids is 1. The molecule has 3 amide bonds. The summed E-state index contributed by atoms with van der Waals surface area (Å²) in [7, 11) is 0. The fourth-order valence-electron chi connectivity index (χ4n) is 4.73. The van der Waals surface area contributed by atoms with Crippen molar-refractivity contribution in [1.29, 1.82) is 0 Å². The van der Waals surface area contributed by atoms with Gasteiger partial charge in [-0.05, 0) is 54.1 Å². The van der Waals surface area contributed by atoms with Gasteiger partial charge in [-0.2, -0.15) is 13.2 Å². The maximum Gasteiger partial charge on any atom is 0.416 e. The summed E-state index contributed by atoms with van der Waals surface area (Å²) in [6.07, 6.45) is -2.57. The number of H-pyrrole nitrogens is 1. The van der Waals surface area contributed by atoms with Gasteiger partial charge in [0.15, 0.2) is 11.5 Å². The molecule has 1 aliphatic heterocycles. The number of pyridine rings is 1. The quantitative estimate of drug-likeness (QED) is 0.227. The van der Waals surface area contributed by atoms with E-state index in [9.17, 15) is 32.7 Å². The lowest BCUT2D eigenvalue weighted by atomic mass is 10.1. The number of alkyl halides is 3. The summed E-state index contributed by atoms with van der Waals surface area (Å²) in [5.41, 5.74) is 1.09. The number of nitrogens with zero attached hydrogens (tertiary/aromatic N) is 4. The summed E-state index contributed by atoms with van der Waals surface area (Å²) < 4.78 is 38.3. The second kappa shape index (κ2) is 13.0. The highest BCUT2D eigenvalue weighted by molar-refractivity contribution is 6.03. The number of imidazole rings is 1. The normalized spacial score (nSPS) is 13.8. The number of nitrogens with one attached hydrogen (secondary N) is 3. The van der Waals surface area contributed by atoms with Crippen LogP contribution in [0.5, 0.6) is 0 Å². The molecule has 0 aliphatic carbocycles. The van der Waals surface area contributed by atoms with Crippen LogP contribution in [0, 0.1) is 0 Å². The Balaban J connectivity index is 1.16. The largest absolute Gasteiger partial charge is 0.476 e. The molecule has 0 saturated carbocycles. The SMILES string of the molecule is O=C(Nc1ccc(C(F)(F)F)cc1)Nc1nc(Cc2ccc(C(=O)N3CCN(Cc4ccccn4)CC3)cc2)[nH]c1C(=O)O. The van der Waals surface area contributed by atoms with Crippen LogP contribution >= 0.6 is 0 Å². The number of carboxylic acid groups (broad SMARTS) is 1. The molecule has 1 fully saturated rings. The highest BCUT2D eigenvalue weighted by atomic mass is 19.4. The molecular formula is C30H28F3N7O4. The van der Waals surface area contributed by atoms with Gasteiger partial charge < -0.3 is 20.3 Å². The Kier molecular flexibility index (Phi) is 8.90. The summed E-state index contributed by atoms with van der Waals surface area (Å²) in [5, 5.41) is 14.2. The van der Waals surface area contributed by atoms with Crippen LogP contribution in [0.25, 0.3) is 0 Å². The standard InChI is InChI=1S/C30H28F3N7O4/c31-30(32,33)21-8-10-22(11-9-21)35-29(44)38-26-25(28(42)43)36-24(37-26)17-19-4-6-20(7-5-19)27(41)40-15-13-39(14-16-40)18-23-3-1-2-12-34-23/h1-12H,13-18H2,(H,36,37)(H,42,43)(H2,35,38,44). The van der Waals surface area contributed by atoms with E-state index in [1.807, 2.05) is 23.1 Å². The fraction of sp³-hybridized carbons (Fsp3) is 0.233. The zero-order valence-corrected chi connectivity index (χ0v) is 23.3. The number of hydrogen-bond donors (Lipinski definition) is 4. The van der Waals surface area contributed by atoms with Crippen molar-refractivity contribution in [1.82, 2.24) is 24.8 Å². The number of benzene rings is 2. The van der Waals surface area contributed by atoms with Crippen molar-refractivity contribution in [3.63, 3.8) is 0 Å². The molecule has 11 nitrogen and oxygen atoms in total. The van der Waals surface area contributed by atoms with Crippen molar-refractivity contribution in [2.45, 2.75) is 19.1 Å². The second-order valence-electron chi connectivity index (χ2n) is 10.1. The highest BCUT2D eigenvalue weighted by Gasteiger charge is 2.30. The minimum absolute atomic E-state index is 0.0733. The summed E-state index contributed by atoms with van der Waals surface area (Å²) in [6.45, 7) is 3.40. The van der Waals surface area contributed by atoms with E-state index in [1.165, 1.54) is 0 Å². The second-order valence-corrected chi connectivity index (χ2v) is 10.1. The number of urea groups is 1. The molecule has 4 aromatic rings. The van der Waals surface area contributed by atoms with E-state index in [1.54, 1.807) is 30.5 Å². The molecule has 0 bridgehead atoms. The smallest absolute Gasteiger partial charge is 0.416 e. The van der Waals surface area contributed by atoms with E-state index < -0.39 is 23.7 Å². The van der Waals surface area contributed by atoms with Crippen LogP contribution in [0.4, 0.5) is 29.5 Å². The number of aromatic nitrogens is 3. The van der Waals surface area contributed by atoms with Crippen molar-refractivity contribution < 1.29 is 32.7 Å². The van der Waals surface area contributed by atoms with E-state index in [0.717, 1.165) is 55.2 Å². The lowest BCUT2D eigenvalue weighted by Crippen LogP contribution is -2.48. The van der Waals surface area contributed by atoms with Gasteiger partial charge in [0.1, 0.15) is 5.82 Å². The molecule has 44 heavy (non-hydrogen) atoms. The highest BCUT2D eigenvalue weighted by Crippen LogP contribution is 2.30. The molecular weight excluding hydrogens is 579 g/mol. The molecule has 228 valence electrons. The van der Waals surface area contributed by atoms with Gasteiger partial charge in [0.25, 0.3) is 5.91 Å². The first kappa shape index (κ1) is 30.2. The number of anilines is 2. The van der Waals surface area contributed by atoms with Gasteiger partial charge in [-0.3, -0.25) is 20.0 Å². The Labute approximate surface area is 249 Å². The predicted octanol–water partition coefficient (Wildman–Crippen LogP) is 4.71. The van der Waals surface area contributed by atoms with Crippen molar-refractivity contribution in [2.24, 2.45) is 0 Å². The molecule has 0 atom stereocenters. The van der Waals surface area contributed by atoms with Gasteiger partial charge in [-0.25, -0.2) is 14.6 Å². The van der Waals surface area contributed by atoms with Crippen LogP contribution in [-0.4, -0.2) is 73.9 Å². The lowest BCUT2D eigenvalue weighted by Gasteiger charge is -2.34.